The molecule has 6 heteroatoms. The second kappa shape index (κ2) is 7.33. The smallest absolute Gasteiger partial charge is 0.334 e. The summed E-state index contributed by atoms with van der Waals surface area (Å²) < 4.78 is 37.5. The lowest BCUT2D eigenvalue weighted by Gasteiger charge is -2.13. The zero-order valence-electron chi connectivity index (χ0n) is 12.2. The summed E-state index contributed by atoms with van der Waals surface area (Å²) in [6.45, 7) is 0.577. The van der Waals surface area contributed by atoms with E-state index in [1.807, 2.05) is 0 Å². The Morgan fingerprint density at radius 3 is 2.41 bits per heavy atom. The number of allylic oxidation sites excluding steroid dienone is 1. The molecule has 1 aromatic carbocycles. The molecule has 0 unspecified atom stereocenters. The average molecular weight is 312 g/mol. The number of urea groups is 1. The molecule has 2 N–H and O–H groups in total. The number of carbonyl (C=O) groups is 1. The molecule has 0 aromatic heterocycles. The Morgan fingerprint density at radius 2 is 1.77 bits per heavy atom. The zero-order valence-corrected chi connectivity index (χ0v) is 12.2. The van der Waals surface area contributed by atoms with Gasteiger partial charge >= 0.3 is 12.2 Å². The Balaban J connectivity index is 1.84. The van der Waals surface area contributed by atoms with E-state index in [9.17, 15) is 18.0 Å². The van der Waals surface area contributed by atoms with Crippen molar-refractivity contribution in [3.8, 4) is 0 Å². The SMILES string of the molecule is O=C(NCC1=CCCC1)NCc1ccccc1CC(F)(F)F. The summed E-state index contributed by atoms with van der Waals surface area (Å²) in [7, 11) is 0. The summed E-state index contributed by atoms with van der Waals surface area (Å²) in [6.07, 6.45) is 0.0210. The van der Waals surface area contributed by atoms with Crippen molar-refractivity contribution in [2.45, 2.75) is 38.4 Å². The highest BCUT2D eigenvalue weighted by molar-refractivity contribution is 5.74. The van der Waals surface area contributed by atoms with Crippen LogP contribution in [0.4, 0.5) is 18.0 Å². The largest absolute Gasteiger partial charge is 0.393 e. The van der Waals surface area contributed by atoms with Crippen molar-refractivity contribution in [2.75, 3.05) is 6.54 Å². The Kier molecular flexibility index (Phi) is 5.46. The Labute approximate surface area is 127 Å². The maximum absolute atomic E-state index is 12.5. The lowest BCUT2D eigenvalue weighted by atomic mass is 10.0. The van der Waals surface area contributed by atoms with Crippen molar-refractivity contribution >= 4 is 6.03 Å². The molecule has 2 amide bonds. The van der Waals surface area contributed by atoms with E-state index in [0.717, 1.165) is 19.3 Å². The minimum Gasteiger partial charge on any atom is -0.334 e. The molecule has 0 aliphatic heterocycles. The van der Waals surface area contributed by atoms with Crippen LogP contribution in [-0.4, -0.2) is 18.8 Å². The fourth-order valence-electron chi connectivity index (χ4n) is 2.45. The number of nitrogens with one attached hydrogen (secondary N) is 2. The molecule has 0 heterocycles. The van der Waals surface area contributed by atoms with E-state index < -0.39 is 12.6 Å². The van der Waals surface area contributed by atoms with E-state index in [1.165, 1.54) is 11.6 Å². The normalized spacial score (nSPS) is 14.6. The van der Waals surface area contributed by atoms with Gasteiger partial charge in [-0.2, -0.15) is 13.2 Å². The molecule has 1 aliphatic rings. The number of benzene rings is 1. The predicted molar refractivity (Wildman–Crippen MR) is 78.4 cm³/mol. The molecule has 0 radical (unpaired) electrons. The second-order valence-electron chi connectivity index (χ2n) is 5.35. The third-order valence-corrected chi connectivity index (χ3v) is 3.56. The van der Waals surface area contributed by atoms with E-state index in [-0.39, 0.29) is 18.1 Å². The van der Waals surface area contributed by atoms with Crippen molar-refractivity contribution in [1.29, 1.82) is 0 Å². The molecule has 0 saturated carbocycles. The molecule has 0 saturated heterocycles. The molecule has 3 nitrogen and oxygen atoms in total. The van der Waals surface area contributed by atoms with Gasteiger partial charge in [0, 0.05) is 13.1 Å². The Hall–Kier alpha value is -1.98. The standard InChI is InChI=1S/C16H19F3N2O/c17-16(18,19)9-13-7-3-4-8-14(13)11-21-15(22)20-10-12-5-1-2-6-12/h3-5,7-8H,1-2,6,9-11H2,(H2,20,21,22). The molecule has 1 aromatic rings. The van der Waals surface area contributed by atoms with Crippen LogP contribution in [0, 0.1) is 0 Å². The quantitative estimate of drug-likeness (QED) is 0.800. The van der Waals surface area contributed by atoms with E-state index in [1.54, 1.807) is 18.2 Å². The van der Waals surface area contributed by atoms with E-state index in [4.69, 9.17) is 0 Å². The molecule has 0 bridgehead atoms. The van der Waals surface area contributed by atoms with Gasteiger partial charge in [-0.25, -0.2) is 4.79 Å². The topological polar surface area (TPSA) is 41.1 Å². The van der Waals surface area contributed by atoms with Gasteiger partial charge in [-0.15, -0.1) is 0 Å². The summed E-state index contributed by atoms with van der Waals surface area (Å²) in [5.74, 6) is 0. The maximum Gasteiger partial charge on any atom is 0.393 e. The number of halogens is 3. The first-order valence-corrected chi connectivity index (χ1v) is 7.27. The molecular formula is C16H19F3N2O. The third-order valence-electron chi connectivity index (χ3n) is 3.56. The van der Waals surface area contributed by atoms with Crippen LogP contribution in [0.2, 0.25) is 0 Å². The van der Waals surface area contributed by atoms with Gasteiger partial charge in [0.1, 0.15) is 0 Å². The number of rotatable bonds is 5. The highest BCUT2D eigenvalue weighted by Gasteiger charge is 2.28. The summed E-state index contributed by atoms with van der Waals surface area (Å²) in [6, 6.07) is 5.90. The molecule has 0 spiro atoms. The Bertz CT molecular complexity index is 553. The zero-order chi connectivity index (χ0) is 16.0. The van der Waals surface area contributed by atoms with Gasteiger partial charge in [-0.05, 0) is 30.4 Å². The molecule has 0 fully saturated rings. The highest BCUT2D eigenvalue weighted by atomic mass is 19.4. The van der Waals surface area contributed by atoms with Crippen molar-refractivity contribution in [3.05, 3.63) is 47.0 Å². The van der Waals surface area contributed by atoms with Crippen molar-refractivity contribution in [1.82, 2.24) is 10.6 Å². The van der Waals surface area contributed by atoms with Crippen LogP contribution in [0.25, 0.3) is 0 Å². The summed E-state index contributed by atoms with van der Waals surface area (Å²) in [4.78, 5) is 11.7. The summed E-state index contributed by atoms with van der Waals surface area (Å²) in [5, 5.41) is 5.33. The average Bonchev–Trinajstić information content (AvgIpc) is 2.96. The number of amides is 2. The van der Waals surface area contributed by atoms with Gasteiger partial charge < -0.3 is 10.6 Å². The molecule has 22 heavy (non-hydrogen) atoms. The van der Waals surface area contributed by atoms with E-state index in [0.29, 0.717) is 12.1 Å². The van der Waals surface area contributed by atoms with Crippen molar-refractivity contribution in [3.63, 3.8) is 0 Å². The molecule has 1 aliphatic carbocycles. The lowest BCUT2D eigenvalue weighted by molar-refractivity contribution is -0.127. The number of hydrogen-bond acceptors (Lipinski definition) is 1. The van der Waals surface area contributed by atoms with Crippen LogP contribution < -0.4 is 10.6 Å². The predicted octanol–water partition coefficient (Wildman–Crippen LogP) is 3.70. The molecule has 0 atom stereocenters. The number of carbonyl (C=O) groups excluding carboxylic acids is 1. The van der Waals surface area contributed by atoms with Crippen LogP contribution in [0.3, 0.4) is 0 Å². The molecule has 120 valence electrons. The van der Waals surface area contributed by atoms with Crippen LogP contribution >= 0.6 is 0 Å². The van der Waals surface area contributed by atoms with Gasteiger partial charge in [0.25, 0.3) is 0 Å². The first-order chi connectivity index (χ1) is 10.4. The summed E-state index contributed by atoms with van der Waals surface area (Å²) in [5.41, 5.74) is 1.87. The first kappa shape index (κ1) is 16.4. The Morgan fingerprint density at radius 1 is 1.09 bits per heavy atom. The molecule has 2 rings (SSSR count). The third kappa shape index (κ3) is 5.42. The van der Waals surface area contributed by atoms with Crippen molar-refractivity contribution in [2.24, 2.45) is 0 Å². The second-order valence-corrected chi connectivity index (χ2v) is 5.35. The minimum atomic E-state index is -4.26. The number of alkyl halides is 3. The van der Waals surface area contributed by atoms with Gasteiger partial charge in [-0.3, -0.25) is 0 Å². The molecular weight excluding hydrogens is 293 g/mol. The maximum atomic E-state index is 12.5. The van der Waals surface area contributed by atoms with E-state index >= 15 is 0 Å². The number of hydrogen-bond donors (Lipinski definition) is 2. The highest BCUT2D eigenvalue weighted by Crippen LogP contribution is 2.23. The first-order valence-electron chi connectivity index (χ1n) is 7.27. The van der Waals surface area contributed by atoms with Gasteiger partial charge in [0.2, 0.25) is 0 Å². The van der Waals surface area contributed by atoms with Crippen LogP contribution in [0.1, 0.15) is 30.4 Å². The van der Waals surface area contributed by atoms with Gasteiger partial charge in [0.05, 0.1) is 6.42 Å². The lowest BCUT2D eigenvalue weighted by Crippen LogP contribution is -2.36. The monoisotopic (exact) mass is 312 g/mol. The van der Waals surface area contributed by atoms with Crippen LogP contribution in [0.5, 0.6) is 0 Å². The summed E-state index contributed by atoms with van der Waals surface area (Å²) >= 11 is 0. The van der Waals surface area contributed by atoms with E-state index in [2.05, 4.69) is 16.7 Å². The van der Waals surface area contributed by atoms with Crippen LogP contribution in [0.15, 0.2) is 35.9 Å². The minimum absolute atomic E-state index is 0.0805. The van der Waals surface area contributed by atoms with Gasteiger partial charge in [-0.1, -0.05) is 35.9 Å². The fourth-order valence-corrected chi connectivity index (χ4v) is 2.45. The fraction of sp³-hybridized carbons (Fsp3) is 0.438. The van der Waals surface area contributed by atoms with Crippen LogP contribution in [-0.2, 0) is 13.0 Å². The van der Waals surface area contributed by atoms with Crippen molar-refractivity contribution < 1.29 is 18.0 Å². The van der Waals surface area contributed by atoms with Gasteiger partial charge in [0.15, 0.2) is 0 Å².